The third-order valence-corrected chi connectivity index (χ3v) is 17.2. The van der Waals surface area contributed by atoms with Crippen molar-refractivity contribution < 1.29 is 0 Å². The van der Waals surface area contributed by atoms with Crippen molar-refractivity contribution >= 4 is 17.1 Å². The van der Waals surface area contributed by atoms with Crippen LogP contribution in [-0.4, -0.2) is 0 Å². The SMILES string of the molecule is CCCCCCc1cc(-c2ccc(C)c(-c3ccc(N(c4ccc5c(c4)C(C)(C)c4ccccc4-5)c4ccc5c(c4)C4(c6ccccc6-c6ccccc64)c4ccccc4-5)cc3)c2)c(CCCCCC)cc1C. The first-order valence-corrected chi connectivity index (χ1v) is 27.5. The summed E-state index contributed by atoms with van der Waals surface area (Å²) in [5.41, 5.74) is 30.1. The summed E-state index contributed by atoms with van der Waals surface area (Å²) in [6.07, 6.45) is 12.5. The number of unbranched alkanes of at least 4 members (excludes halogenated alkanes) is 6. The first-order valence-electron chi connectivity index (χ1n) is 27.5. The van der Waals surface area contributed by atoms with Crippen LogP contribution in [0, 0.1) is 13.8 Å². The van der Waals surface area contributed by atoms with Crippen molar-refractivity contribution in [1.82, 2.24) is 0 Å². The van der Waals surface area contributed by atoms with Crippen LogP contribution in [-0.2, 0) is 23.7 Å². The number of rotatable bonds is 15. The molecule has 0 fully saturated rings. The van der Waals surface area contributed by atoms with E-state index in [9.17, 15) is 0 Å². The Bertz CT molecular complexity index is 3480. The van der Waals surface area contributed by atoms with Crippen LogP contribution in [0.1, 0.15) is 135 Å². The lowest BCUT2D eigenvalue weighted by Gasteiger charge is -2.32. The molecule has 0 amide bonds. The third kappa shape index (κ3) is 7.73. The van der Waals surface area contributed by atoms with Crippen LogP contribution in [0.25, 0.3) is 55.6 Å². The van der Waals surface area contributed by atoms with E-state index in [1.54, 1.807) is 0 Å². The Morgan fingerprint density at radius 3 is 1.37 bits per heavy atom. The molecule has 0 N–H and O–H groups in total. The zero-order chi connectivity index (χ0) is 49.8. The molecule has 362 valence electrons. The van der Waals surface area contributed by atoms with E-state index in [2.05, 4.69) is 234 Å². The second kappa shape index (κ2) is 19.0. The van der Waals surface area contributed by atoms with Crippen LogP contribution in [0.3, 0.4) is 0 Å². The van der Waals surface area contributed by atoms with E-state index in [0.29, 0.717) is 0 Å². The monoisotopic (exact) mass is 948 g/mol. The average Bonchev–Trinajstić information content (AvgIpc) is 3.98. The summed E-state index contributed by atoms with van der Waals surface area (Å²) in [5, 5.41) is 0. The molecule has 9 aromatic carbocycles. The highest BCUT2D eigenvalue weighted by Gasteiger charge is 2.51. The van der Waals surface area contributed by atoms with E-state index in [-0.39, 0.29) is 5.41 Å². The van der Waals surface area contributed by atoms with E-state index in [0.717, 1.165) is 24.2 Å². The van der Waals surface area contributed by atoms with E-state index in [1.807, 2.05) is 0 Å². The van der Waals surface area contributed by atoms with Gasteiger partial charge in [-0.1, -0.05) is 212 Å². The minimum atomic E-state index is -0.433. The summed E-state index contributed by atoms with van der Waals surface area (Å²) >= 11 is 0. The van der Waals surface area contributed by atoms with Gasteiger partial charge in [-0.3, -0.25) is 0 Å². The van der Waals surface area contributed by atoms with Crippen molar-refractivity contribution in [1.29, 1.82) is 0 Å². The van der Waals surface area contributed by atoms with Crippen LogP contribution in [0.2, 0.25) is 0 Å². The normalized spacial score (nSPS) is 13.8. The van der Waals surface area contributed by atoms with Gasteiger partial charge >= 0.3 is 0 Å². The highest BCUT2D eigenvalue weighted by Crippen LogP contribution is 2.63. The van der Waals surface area contributed by atoms with Crippen LogP contribution >= 0.6 is 0 Å². The maximum Gasteiger partial charge on any atom is 0.0726 e. The number of fused-ring (bicyclic) bond motifs is 13. The van der Waals surface area contributed by atoms with Crippen molar-refractivity contribution in [2.75, 3.05) is 4.90 Å². The number of hydrogen-bond donors (Lipinski definition) is 0. The van der Waals surface area contributed by atoms with Gasteiger partial charge in [0.2, 0.25) is 0 Å². The number of benzene rings is 9. The van der Waals surface area contributed by atoms with Crippen LogP contribution in [0.15, 0.2) is 188 Å². The van der Waals surface area contributed by atoms with E-state index in [4.69, 9.17) is 0 Å². The summed E-state index contributed by atoms with van der Waals surface area (Å²) in [5.74, 6) is 0. The standard InChI is InChI=1S/C72H69N/c1-7-9-11-13-23-51-44-64(52(43-49(51)4)24-14-12-10-8-2)53-34-33-48(3)63(45-53)50-35-37-54(38-36-50)73(55-39-41-61-57-25-15-19-29-65(57)71(5,6)69(61)46-55)56-40-42-62-60-28-18-22-32-68(60)72(70(62)47-56)66-30-20-16-26-58(66)59-27-17-21-31-67(59)72/h15-22,25-47H,7-14,23-24H2,1-6H3. The summed E-state index contributed by atoms with van der Waals surface area (Å²) in [4.78, 5) is 2.52. The van der Waals surface area contributed by atoms with E-state index in [1.165, 1.54) is 168 Å². The van der Waals surface area contributed by atoms with Crippen molar-refractivity contribution in [3.05, 3.63) is 244 Å². The molecule has 1 heteroatoms. The lowest BCUT2D eigenvalue weighted by molar-refractivity contribution is 0.660. The number of anilines is 3. The molecule has 0 bridgehead atoms. The van der Waals surface area contributed by atoms with Gasteiger partial charge in [0, 0.05) is 22.5 Å². The largest absolute Gasteiger partial charge is 0.310 e. The van der Waals surface area contributed by atoms with Gasteiger partial charge in [-0.15, -0.1) is 0 Å². The Kier molecular flexibility index (Phi) is 12.2. The van der Waals surface area contributed by atoms with Gasteiger partial charge in [-0.25, -0.2) is 0 Å². The lowest BCUT2D eigenvalue weighted by atomic mass is 9.70. The smallest absolute Gasteiger partial charge is 0.0726 e. The number of aryl methyl sites for hydroxylation is 4. The molecule has 0 radical (unpaired) electrons. The molecule has 1 nitrogen and oxygen atoms in total. The molecule has 0 unspecified atom stereocenters. The van der Waals surface area contributed by atoms with Gasteiger partial charge < -0.3 is 4.90 Å². The Hall–Kier alpha value is -7.22. The first kappa shape index (κ1) is 46.8. The molecule has 0 saturated heterocycles. The molecule has 73 heavy (non-hydrogen) atoms. The fraction of sp³-hybridized carbons (Fsp3) is 0.250. The molecular formula is C72H69N. The van der Waals surface area contributed by atoms with Gasteiger partial charge in [0.15, 0.2) is 0 Å². The highest BCUT2D eigenvalue weighted by atomic mass is 15.1. The summed E-state index contributed by atoms with van der Waals surface area (Å²) in [6, 6.07) is 72.7. The predicted molar refractivity (Wildman–Crippen MR) is 311 cm³/mol. The maximum atomic E-state index is 2.56. The summed E-state index contributed by atoms with van der Waals surface area (Å²) in [7, 11) is 0. The van der Waals surface area contributed by atoms with Gasteiger partial charge in [0.1, 0.15) is 0 Å². The van der Waals surface area contributed by atoms with Crippen LogP contribution in [0.5, 0.6) is 0 Å². The van der Waals surface area contributed by atoms with Crippen LogP contribution < -0.4 is 4.90 Å². The quantitative estimate of drug-likeness (QED) is 0.0926. The molecule has 0 saturated carbocycles. The molecule has 9 aromatic rings. The molecule has 1 spiro atoms. The predicted octanol–water partition coefficient (Wildman–Crippen LogP) is 20.0. The molecule has 0 atom stereocenters. The first-order chi connectivity index (χ1) is 35.7. The number of hydrogen-bond acceptors (Lipinski definition) is 1. The fourth-order valence-electron chi connectivity index (χ4n) is 13.4. The molecule has 0 aromatic heterocycles. The number of nitrogens with zero attached hydrogens (tertiary/aromatic N) is 1. The van der Waals surface area contributed by atoms with Crippen molar-refractivity contribution in [3.63, 3.8) is 0 Å². The molecule has 12 rings (SSSR count). The van der Waals surface area contributed by atoms with Crippen molar-refractivity contribution in [2.24, 2.45) is 0 Å². The second-order valence-corrected chi connectivity index (χ2v) is 22.0. The van der Waals surface area contributed by atoms with Gasteiger partial charge in [0.25, 0.3) is 0 Å². The minimum absolute atomic E-state index is 0.135. The Morgan fingerprint density at radius 1 is 0.329 bits per heavy atom. The fourth-order valence-corrected chi connectivity index (χ4v) is 13.4. The minimum Gasteiger partial charge on any atom is -0.310 e. The highest BCUT2D eigenvalue weighted by molar-refractivity contribution is 5.97. The second-order valence-electron chi connectivity index (χ2n) is 22.0. The van der Waals surface area contributed by atoms with Crippen LogP contribution in [0.4, 0.5) is 17.1 Å². The zero-order valence-electron chi connectivity index (χ0n) is 43.9. The van der Waals surface area contributed by atoms with Crippen molar-refractivity contribution in [3.8, 4) is 55.6 Å². The molecule has 3 aliphatic carbocycles. The Balaban J connectivity index is 0.988. The summed E-state index contributed by atoms with van der Waals surface area (Å²) < 4.78 is 0. The third-order valence-electron chi connectivity index (χ3n) is 17.2. The zero-order valence-corrected chi connectivity index (χ0v) is 43.9. The van der Waals surface area contributed by atoms with E-state index >= 15 is 0 Å². The molecule has 0 aliphatic heterocycles. The van der Waals surface area contributed by atoms with Crippen molar-refractivity contribution in [2.45, 2.75) is 117 Å². The molecule has 3 aliphatic rings. The maximum absolute atomic E-state index is 2.56. The molecule has 0 heterocycles. The topological polar surface area (TPSA) is 3.24 Å². The Morgan fingerprint density at radius 2 is 0.795 bits per heavy atom. The summed E-state index contributed by atoms with van der Waals surface area (Å²) in [6.45, 7) is 14.0. The lowest BCUT2D eigenvalue weighted by Crippen LogP contribution is -2.26. The Labute approximate surface area is 435 Å². The molecular weight excluding hydrogens is 879 g/mol. The van der Waals surface area contributed by atoms with Gasteiger partial charge in [0.05, 0.1) is 5.41 Å². The average molecular weight is 948 g/mol. The van der Waals surface area contributed by atoms with Gasteiger partial charge in [-0.05, 0) is 193 Å². The van der Waals surface area contributed by atoms with Gasteiger partial charge in [-0.2, -0.15) is 0 Å². The van der Waals surface area contributed by atoms with E-state index < -0.39 is 5.41 Å².